The van der Waals surface area contributed by atoms with E-state index in [1.54, 1.807) is 6.07 Å². The quantitative estimate of drug-likeness (QED) is 0.490. The Morgan fingerprint density at radius 2 is 1.86 bits per heavy atom. The predicted octanol–water partition coefficient (Wildman–Crippen LogP) is 3.33. The number of rotatable bonds is 3. The maximum Gasteiger partial charge on any atom is 0.288 e. The molecule has 1 aromatic carbocycles. The Labute approximate surface area is 126 Å². The molecule has 2 aromatic rings. The van der Waals surface area contributed by atoms with Gasteiger partial charge in [-0.3, -0.25) is 10.1 Å². The lowest BCUT2D eigenvalue weighted by molar-refractivity contribution is -0.385. The number of aromatic nitrogens is 2. The van der Waals surface area contributed by atoms with Gasteiger partial charge in [0, 0.05) is 22.3 Å². The van der Waals surface area contributed by atoms with E-state index < -0.39 is 4.92 Å². The number of nitriles is 1. The van der Waals surface area contributed by atoms with E-state index >= 15 is 0 Å². The fourth-order valence-corrected chi connectivity index (χ4v) is 2.60. The molecule has 0 radical (unpaired) electrons. The molecule has 0 aliphatic heterocycles. The number of nitro benzene ring substituents is 1. The fraction of sp³-hybridized carbons (Fsp3) is 0.214. The number of nitrogens with zero attached hydrogens (tertiary/aromatic N) is 4. The predicted molar refractivity (Wildman–Crippen MR) is 78.2 cm³/mol. The second kappa shape index (κ2) is 5.89. The normalized spacial score (nSPS) is 10.2. The van der Waals surface area contributed by atoms with Gasteiger partial charge in [-0.05, 0) is 50.2 Å². The van der Waals surface area contributed by atoms with E-state index in [9.17, 15) is 10.1 Å². The standard InChI is InChI=1S/C14H12N4O2S/c1-8-9(2)16-14(17-10(8)3)21-12-5-4-11(7-15)13(6-12)18(19)20/h4-6H,1-3H3. The highest BCUT2D eigenvalue weighted by atomic mass is 32.2. The Morgan fingerprint density at radius 1 is 1.24 bits per heavy atom. The first-order valence-corrected chi connectivity index (χ1v) is 6.92. The van der Waals surface area contributed by atoms with Crippen molar-refractivity contribution >= 4 is 17.4 Å². The summed E-state index contributed by atoms with van der Waals surface area (Å²) in [6.07, 6.45) is 0. The second-order valence-corrected chi connectivity index (χ2v) is 5.49. The van der Waals surface area contributed by atoms with Gasteiger partial charge in [0.1, 0.15) is 11.6 Å². The zero-order chi connectivity index (χ0) is 15.6. The summed E-state index contributed by atoms with van der Waals surface area (Å²) in [7, 11) is 0. The topological polar surface area (TPSA) is 92.7 Å². The van der Waals surface area contributed by atoms with Crippen molar-refractivity contribution in [3.05, 3.63) is 50.8 Å². The first kappa shape index (κ1) is 14.9. The first-order valence-electron chi connectivity index (χ1n) is 6.10. The van der Waals surface area contributed by atoms with E-state index in [1.807, 2.05) is 26.8 Å². The zero-order valence-electron chi connectivity index (χ0n) is 11.7. The van der Waals surface area contributed by atoms with Crippen molar-refractivity contribution in [2.75, 3.05) is 0 Å². The van der Waals surface area contributed by atoms with Crippen LogP contribution in [0, 0.1) is 42.2 Å². The van der Waals surface area contributed by atoms with Crippen LogP contribution in [0.5, 0.6) is 0 Å². The van der Waals surface area contributed by atoms with Crippen molar-refractivity contribution in [2.45, 2.75) is 30.8 Å². The van der Waals surface area contributed by atoms with E-state index in [4.69, 9.17) is 5.26 Å². The van der Waals surface area contributed by atoms with E-state index in [0.717, 1.165) is 17.0 Å². The lowest BCUT2D eigenvalue weighted by atomic mass is 10.2. The largest absolute Gasteiger partial charge is 0.288 e. The third-order valence-electron chi connectivity index (χ3n) is 3.11. The minimum Gasteiger partial charge on any atom is -0.258 e. The van der Waals surface area contributed by atoms with E-state index in [0.29, 0.717) is 10.1 Å². The molecular formula is C14H12N4O2S. The monoisotopic (exact) mass is 300 g/mol. The van der Waals surface area contributed by atoms with Gasteiger partial charge >= 0.3 is 0 Å². The molecule has 0 saturated heterocycles. The van der Waals surface area contributed by atoms with Crippen LogP contribution in [0.3, 0.4) is 0 Å². The Kier molecular flexibility index (Phi) is 4.19. The maximum absolute atomic E-state index is 11.0. The van der Waals surface area contributed by atoms with Gasteiger partial charge in [-0.15, -0.1) is 0 Å². The molecule has 21 heavy (non-hydrogen) atoms. The van der Waals surface area contributed by atoms with Crippen LogP contribution in [-0.2, 0) is 0 Å². The van der Waals surface area contributed by atoms with Crippen molar-refractivity contribution < 1.29 is 4.92 Å². The van der Waals surface area contributed by atoms with Crippen LogP contribution in [0.15, 0.2) is 28.3 Å². The maximum atomic E-state index is 11.0. The summed E-state index contributed by atoms with van der Waals surface area (Å²) in [5.41, 5.74) is 2.64. The highest BCUT2D eigenvalue weighted by Gasteiger charge is 2.15. The smallest absolute Gasteiger partial charge is 0.258 e. The molecule has 0 bridgehead atoms. The molecular weight excluding hydrogens is 288 g/mol. The zero-order valence-corrected chi connectivity index (χ0v) is 12.6. The van der Waals surface area contributed by atoms with Gasteiger partial charge < -0.3 is 0 Å². The number of hydrogen-bond acceptors (Lipinski definition) is 6. The SMILES string of the molecule is Cc1nc(Sc2ccc(C#N)c([N+](=O)[O-])c2)nc(C)c1C. The molecule has 0 spiro atoms. The molecule has 7 heteroatoms. The summed E-state index contributed by atoms with van der Waals surface area (Å²) in [4.78, 5) is 19.7. The molecule has 0 fully saturated rings. The van der Waals surface area contributed by atoms with Gasteiger partial charge in [0.15, 0.2) is 5.16 Å². The summed E-state index contributed by atoms with van der Waals surface area (Å²) in [6.45, 7) is 5.75. The Morgan fingerprint density at radius 3 is 2.38 bits per heavy atom. The van der Waals surface area contributed by atoms with Crippen molar-refractivity contribution in [1.82, 2.24) is 9.97 Å². The number of hydrogen-bond donors (Lipinski definition) is 0. The molecule has 0 atom stereocenters. The summed E-state index contributed by atoms with van der Waals surface area (Å²) >= 11 is 1.24. The summed E-state index contributed by atoms with van der Waals surface area (Å²) in [5, 5.41) is 20.4. The highest BCUT2D eigenvalue weighted by Crippen LogP contribution is 2.30. The van der Waals surface area contributed by atoms with Gasteiger partial charge in [0.25, 0.3) is 5.69 Å². The summed E-state index contributed by atoms with van der Waals surface area (Å²) in [5.74, 6) is 0. The van der Waals surface area contributed by atoms with Crippen LogP contribution in [0.4, 0.5) is 5.69 Å². The van der Waals surface area contributed by atoms with Crippen LogP contribution in [-0.4, -0.2) is 14.9 Å². The van der Waals surface area contributed by atoms with Crippen molar-refractivity contribution in [3.63, 3.8) is 0 Å². The minimum absolute atomic E-state index is 0.0431. The summed E-state index contributed by atoms with van der Waals surface area (Å²) < 4.78 is 0. The Bertz CT molecular complexity index is 745. The molecule has 0 aliphatic carbocycles. The molecule has 0 aliphatic rings. The molecule has 1 aromatic heterocycles. The lowest BCUT2D eigenvalue weighted by Crippen LogP contribution is -1.98. The molecule has 6 nitrogen and oxygen atoms in total. The second-order valence-electron chi connectivity index (χ2n) is 4.45. The Balaban J connectivity index is 2.39. The van der Waals surface area contributed by atoms with Gasteiger partial charge in [-0.2, -0.15) is 5.26 Å². The average Bonchev–Trinajstić information content (AvgIpc) is 2.44. The first-order chi connectivity index (χ1) is 9.92. The van der Waals surface area contributed by atoms with Gasteiger partial charge in [-0.1, -0.05) is 0 Å². The van der Waals surface area contributed by atoms with Crippen LogP contribution in [0.1, 0.15) is 22.5 Å². The third-order valence-corrected chi connectivity index (χ3v) is 3.96. The molecule has 2 rings (SSSR count). The van der Waals surface area contributed by atoms with Gasteiger partial charge in [0.2, 0.25) is 0 Å². The van der Waals surface area contributed by atoms with Crippen molar-refractivity contribution in [3.8, 4) is 6.07 Å². The number of nitro groups is 1. The lowest BCUT2D eigenvalue weighted by Gasteiger charge is -2.06. The van der Waals surface area contributed by atoms with Gasteiger partial charge in [-0.25, -0.2) is 9.97 Å². The molecule has 106 valence electrons. The van der Waals surface area contributed by atoms with E-state index in [1.165, 1.54) is 23.9 Å². The molecule has 0 amide bonds. The molecule has 0 saturated carbocycles. The summed E-state index contributed by atoms with van der Waals surface area (Å²) in [6, 6.07) is 6.28. The average molecular weight is 300 g/mol. The van der Waals surface area contributed by atoms with E-state index in [-0.39, 0.29) is 11.3 Å². The third kappa shape index (κ3) is 3.17. The minimum atomic E-state index is -0.560. The molecule has 0 unspecified atom stereocenters. The molecule has 0 N–H and O–H groups in total. The van der Waals surface area contributed by atoms with E-state index in [2.05, 4.69) is 9.97 Å². The van der Waals surface area contributed by atoms with Crippen LogP contribution in [0.2, 0.25) is 0 Å². The number of benzene rings is 1. The van der Waals surface area contributed by atoms with Crippen molar-refractivity contribution in [2.24, 2.45) is 0 Å². The molecule has 1 heterocycles. The Hall–Kier alpha value is -2.46. The van der Waals surface area contributed by atoms with Crippen LogP contribution < -0.4 is 0 Å². The van der Waals surface area contributed by atoms with Crippen LogP contribution >= 0.6 is 11.8 Å². The fourth-order valence-electron chi connectivity index (χ4n) is 1.71. The van der Waals surface area contributed by atoms with Crippen molar-refractivity contribution in [1.29, 1.82) is 5.26 Å². The van der Waals surface area contributed by atoms with Crippen LogP contribution in [0.25, 0.3) is 0 Å². The number of aryl methyl sites for hydroxylation is 2. The highest BCUT2D eigenvalue weighted by molar-refractivity contribution is 7.99. The van der Waals surface area contributed by atoms with Gasteiger partial charge in [0.05, 0.1) is 4.92 Å².